The highest BCUT2D eigenvalue weighted by molar-refractivity contribution is 9.10. The largest absolute Gasteiger partial charge is 0.495 e. The molecule has 3 heteroatoms. The number of rotatable bonds is 3. The van der Waals surface area contributed by atoms with Gasteiger partial charge >= 0.3 is 0 Å². The Morgan fingerprint density at radius 3 is 2.41 bits per heavy atom. The summed E-state index contributed by atoms with van der Waals surface area (Å²) in [7, 11) is 1.73. The Morgan fingerprint density at radius 2 is 2.00 bits per heavy atom. The first-order valence-electron chi connectivity index (χ1n) is 6.04. The van der Waals surface area contributed by atoms with Crippen molar-refractivity contribution in [2.75, 3.05) is 7.11 Å². The van der Waals surface area contributed by atoms with Crippen molar-refractivity contribution < 1.29 is 4.74 Å². The van der Waals surface area contributed by atoms with Crippen molar-refractivity contribution in [2.24, 2.45) is 5.73 Å². The Bertz CT molecular complexity index is 450. The Kier molecular flexibility index (Phi) is 3.25. The van der Waals surface area contributed by atoms with E-state index in [-0.39, 0.29) is 11.5 Å². The number of methoxy groups -OCH3 is 1. The molecule has 0 aliphatic heterocycles. The summed E-state index contributed by atoms with van der Waals surface area (Å²) in [6.45, 7) is 6.34. The van der Waals surface area contributed by atoms with Crippen molar-refractivity contribution in [1.29, 1.82) is 0 Å². The van der Waals surface area contributed by atoms with Crippen LogP contribution in [0.15, 0.2) is 10.5 Å². The van der Waals surface area contributed by atoms with Gasteiger partial charge in [0.1, 0.15) is 5.75 Å². The molecule has 1 unspecified atom stereocenters. The van der Waals surface area contributed by atoms with Gasteiger partial charge in [0.05, 0.1) is 11.6 Å². The molecule has 2 rings (SSSR count). The molecule has 1 aliphatic rings. The van der Waals surface area contributed by atoms with Gasteiger partial charge in [-0.3, -0.25) is 0 Å². The molecule has 2 nitrogen and oxygen atoms in total. The first-order valence-corrected chi connectivity index (χ1v) is 6.83. The maximum Gasteiger partial charge on any atom is 0.137 e. The van der Waals surface area contributed by atoms with Gasteiger partial charge in [-0.15, -0.1) is 0 Å². The molecular formula is C14H20BrNO. The maximum atomic E-state index is 6.16. The molecule has 0 spiro atoms. The second-order valence-corrected chi connectivity index (χ2v) is 5.95. The lowest BCUT2D eigenvalue weighted by Crippen LogP contribution is -2.32. The van der Waals surface area contributed by atoms with Gasteiger partial charge in [0.15, 0.2) is 0 Å². The van der Waals surface area contributed by atoms with Crippen molar-refractivity contribution in [2.45, 2.75) is 45.1 Å². The fourth-order valence-electron chi connectivity index (χ4n) is 2.53. The van der Waals surface area contributed by atoms with E-state index >= 15 is 0 Å². The third-order valence-electron chi connectivity index (χ3n) is 4.13. The molecule has 17 heavy (non-hydrogen) atoms. The summed E-state index contributed by atoms with van der Waals surface area (Å²) in [6.07, 6.45) is 2.33. The van der Waals surface area contributed by atoms with Gasteiger partial charge in [-0.1, -0.05) is 6.07 Å². The van der Waals surface area contributed by atoms with Crippen LogP contribution in [0.1, 0.15) is 36.5 Å². The summed E-state index contributed by atoms with van der Waals surface area (Å²) in [5.41, 5.74) is 10.1. The number of ether oxygens (including phenoxy) is 1. The smallest absolute Gasteiger partial charge is 0.137 e. The third kappa shape index (κ3) is 1.89. The van der Waals surface area contributed by atoms with Crippen LogP contribution in [0.25, 0.3) is 0 Å². The lowest BCUT2D eigenvalue weighted by Gasteiger charge is -2.25. The van der Waals surface area contributed by atoms with E-state index in [1.165, 1.54) is 16.7 Å². The van der Waals surface area contributed by atoms with E-state index in [9.17, 15) is 0 Å². The van der Waals surface area contributed by atoms with Gasteiger partial charge in [0, 0.05) is 17.0 Å². The van der Waals surface area contributed by atoms with Crippen LogP contribution in [0.5, 0.6) is 5.75 Å². The first-order chi connectivity index (χ1) is 7.94. The van der Waals surface area contributed by atoms with Crippen LogP contribution in [0.4, 0.5) is 0 Å². The molecular weight excluding hydrogens is 278 g/mol. The summed E-state index contributed by atoms with van der Waals surface area (Å²) in [6, 6.07) is 2.42. The standard InChI is InChI=1S/C14H20BrNO/c1-8-7-11(14(5-6-14)10(3)16)13(17-4)12(15)9(8)2/h7,10H,5-6,16H2,1-4H3. The second-order valence-electron chi connectivity index (χ2n) is 5.16. The summed E-state index contributed by atoms with van der Waals surface area (Å²) >= 11 is 3.65. The van der Waals surface area contributed by atoms with Crippen molar-refractivity contribution in [3.63, 3.8) is 0 Å². The fourth-order valence-corrected chi connectivity index (χ4v) is 3.21. The molecule has 1 aromatic carbocycles. The van der Waals surface area contributed by atoms with Crippen molar-refractivity contribution in [3.8, 4) is 5.75 Å². The van der Waals surface area contributed by atoms with E-state index in [2.05, 4.69) is 42.8 Å². The Balaban J connectivity index is 2.62. The van der Waals surface area contributed by atoms with Gasteiger partial charge in [0.25, 0.3) is 0 Å². The van der Waals surface area contributed by atoms with Gasteiger partial charge in [0.2, 0.25) is 0 Å². The zero-order valence-electron chi connectivity index (χ0n) is 10.9. The number of hydrogen-bond acceptors (Lipinski definition) is 2. The summed E-state index contributed by atoms with van der Waals surface area (Å²) < 4.78 is 6.66. The Hall–Kier alpha value is -0.540. The molecule has 1 saturated carbocycles. The molecule has 0 heterocycles. The van der Waals surface area contributed by atoms with Gasteiger partial charge in [-0.05, 0) is 60.7 Å². The number of nitrogens with two attached hydrogens (primary N) is 1. The van der Waals surface area contributed by atoms with Crippen LogP contribution in [-0.4, -0.2) is 13.2 Å². The fraction of sp³-hybridized carbons (Fsp3) is 0.571. The van der Waals surface area contributed by atoms with Gasteiger partial charge in [-0.2, -0.15) is 0 Å². The van der Waals surface area contributed by atoms with Crippen molar-refractivity contribution in [1.82, 2.24) is 0 Å². The average Bonchev–Trinajstić information content (AvgIpc) is 3.06. The minimum absolute atomic E-state index is 0.131. The Labute approximate surface area is 112 Å². The maximum absolute atomic E-state index is 6.16. The van der Waals surface area contributed by atoms with Gasteiger partial charge < -0.3 is 10.5 Å². The van der Waals surface area contributed by atoms with Crippen LogP contribution >= 0.6 is 15.9 Å². The SMILES string of the molecule is COc1c(C2(C(C)N)CC2)cc(C)c(C)c1Br. The van der Waals surface area contributed by atoms with Crippen molar-refractivity contribution >= 4 is 15.9 Å². The van der Waals surface area contributed by atoms with E-state index in [0.29, 0.717) is 0 Å². The summed E-state index contributed by atoms with van der Waals surface area (Å²) in [5.74, 6) is 0.961. The summed E-state index contributed by atoms with van der Waals surface area (Å²) in [5, 5.41) is 0. The average molecular weight is 298 g/mol. The molecule has 0 aromatic heterocycles. The lowest BCUT2D eigenvalue weighted by atomic mass is 9.87. The van der Waals surface area contributed by atoms with E-state index in [1.54, 1.807) is 7.11 Å². The normalized spacial score (nSPS) is 18.9. The highest BCUT2D eigenvalue weighted by Gasteiger charge is 2.49. The quantitative estimate of drug-likeness (QED) is 0.927. The molecule has 0 radical (unpaired) electrons. The Morgan fingerprint density at radius 1 is 1.41 bits per heavy atom. The zero-order chi connectivity index (χ0) is 12.8. The molecule has 1 atom stereocenters. The van der Waals surface area contributed by atoms with Crippen molar-refractivity contribution in [3.05, 3.63) is 27.2 Å². The molecule has 94 valence electrons. The highest BCUT2D eigenvalue weighted by Crippen LogP contribution is 2.55. The van der Waals surface area contributed by atoms with Crippen LogP contribution in [-0.2, 0) is 5.41 Å². The molecule has 1 aliphatic carbocycles. The molecule has 0 saturated heterocycles. The number of hydrogen-bond donors (Lipinski definition) is 1. The summed E-state index contributed by atoms with van der Waals surface area (Å²) in [4.78, 5) is 0. The number of halogens is 1. The van der Waals surface area contributed by atoms with Crippen LogP contribution in [0.2, 0.25) is 0 Å². The van der Waals surface area contributed by atoms with Crippen LogP contribution < -0.4 is 10.5 Å². The predicted octanol–water partition coefficient (Wildman–Crippen LogP) is 3.45. The van der Waals surface area contributed by atoms with E-state index in [1.807, 2.05) is 0 Å². The third-order valence-corrected chi connectivity index (χ3v) is 5.08. The van der Waals surface area contributed by atoms with Crippen LogP contribution in [0.3, 0.4) is 0 Å². The minimum atomic E-state index is 0.131. The second kappa shape index (κ2) is 4.29. The molecule has 0 amide bonds. The zero-order valence-corrected chi connectivity index (χ0v) is 12.5. The predicted molar refractivity (Wildman–Crippen MR) is 74.7 cm³/mol. The van der Waals surface area contributed by atoms with Crippen LogP contribution in [0, 0.1) is 13.8 Å². The lowest BCUT2D eigenvalue weighted by molar-refractivity contribution is 0.395. The molecule has 1 aromatic rings. The topological polar surface area (TPSA) is 35.2 Å². The monoisotopic (exact) mass is 297 g/mol. The molecule has 0 bridgehead atoms. The van der Waals surface area contributed by atoms with Gasteiger partial charge in [-0.25, -0.2) is 0 Å². The molecule has 2 N–H and O–H groups in total. The first kappa shape index (κ1) is 12.9. The minimum Gasteiger partial charge on any atom is -0.495 e. The molecule has 1 fully saturated rings. The van der Waals surface area contributed by atoms with E-state index in [4.69, 9.17) is 10.5 Å². The van der Waals surface area contributed by atoms with E-state index < -0.39 is 0 Å². The number of aryl methyl sites for hydroxylation is 1. The number of benzene rings is 1. The highest BCUT2D eigenvalue weighted by atomic mass is 79.9. The van der Waals surface area contributed by atoms with E-state index in [0.717, 1.165) is 23.1 Å².